The van der Waals surface area contributed by atoms with Gasteiger partial charge in [0.05, 0.1) is 32.3 Å². The van der Waals surface area contributed by atoms with Gasteiger partial charge < -0.3 is 22.6 Å². The first-order valence-electron chi connectivity index (χ1n) is 11.9. The Morgan fingerprint density at radius 2 is 1.40 bits per heavy atom. The Kier molecular flexibility index (Phi) is 10.0. The molecule has 0 atom stereocenters. The largest absolute Gasteiger partial charge is 0.496 e. The molecular weight excluding hydrogens is 577 g/mol. The molecule has 40 heavy (non-hydrogen) atoms. The summed E-state index contributed by atoms with van der Waals surface area (Å²) >= 11 is 1.59. The minimum atomic E-state index is -4.04. The number of methoxy groups -OCH3 is 2. The van der Waals surface area contributed by atoms with E-state index in [0.717, 1.165) is 28.5 Å². The lowest BCUT2D eigenvalue weighted by atomic mass is 9.96. The standard InChI is InChI=1S/C28H32O9S3/c1-18(2)14-15-35-23-13-10-20(16-24(23)36-39(6,29)30)26-25(33-3)17-22(19-8-11-21(38-5)12-9-19)27(34-4)28(26)37-40(7,31)32/h8-14,16-17H,15H2,1-7H3. The lowest BCUT2D eigenvalue weighted by Crippen LogP contribution is -2.10. The third-order valence-corrected chi connectivity index (χ3v) is 7.16. The number of hydrogen-bond donors (Lipinski definition) is 0. The highest BCUT2D eigenvalue weighted by atomic mass is 32.2. The van der Waals surface area contributed by atoms with Gasteiger partial charge in [0.1, 0.15) is 12.4 Å². The van der Waals surface area contributed by atoms with Crippen molar-refractivity contribution in [2.24, 2.45) is 0 Å². The van der Waals surface area contributed by atoms with Crippen LogP contribution in [0.3, 0.4) is 0 Å². The zero-order valence-electron chi connectivity index (χ0n) is 23.3. The average molecular weight is 609 g/mol. The molecular formula is C28H32O9S3. The first-order valence-corrected chi connectivity index (χ1v) is 16.7. The fourth-order valence-electron chi connectivity index (χ4n) is 3.78. The fourth-order valence-corrected chi connectivity index (χ4v) is 5.11. The molecule has 0 aliphatic heterocycles. The van der Waals surface area contributed by atoms with Crippen molar-refractivity contribution in [3.8, 4) is 51.0 Å². The van der Waals surface area contributed by atoms with E-state index in [2.05, 4.69) is 0 Å². The predicted molar refractivity (Wildman–Crippen MR) is 158 cm³/mol. The predicted octanol–water partition coefficient (Wildman–Crippen LogP) is 5.78. The summed E-state index contributed by atoms with van der Waals surface area (Å²) < 4.78 is 76.8. The minimum Gasteiger partial charge on any atom is -0.496 e. The van der Waals surface area contributed by atoms with Gasteiger partial charge in [-0.2, -0.15) is 16.8 Å². The van der Waals surface area contributed by atoms with Crippen LogP contribution in [-0.4, -0.2) is 56.4 Å². The SMILES string of the molecule is COc1cc(-c2ccc(SC)cc2)c(OC)c(OS(C)(=O)=O)c1-c1ccc(OCC=C(C)C)c(OS(C)(=O)=O)c1. The molecule has 0 heterocycles. The highest BCUT2D eigenvalue weighted by Crippen LogP contribution is 2.51. The van der Waals surface area contributed by atoms with Gasteiger partial charge >= 0.3 is 20.2 Å². The van der Waals surface area contributed by atoms with Crippen LogP contribution in [0.15, 0.2) is 65.1 Å². The van der Waals surface area contributed by atoms with Gasteiger partial charge in [-0.15, -0.1) is 11.8 Å². The minimum absolute atomic E-state index is 0.0924. The number of rotatable bonds is 12. The lowest BCUT2D eigenvalue weighted by molar-refractivity contribution is 0.347. The van der Waals surface area contributed by atoms with Crippen molar-refractivity contribution in [1.82, 2.24) is 0 Å². The number of ether oxygens (including phenoxy) is 3. The van der Waals surface area contributed by atoms with Crippen molar-refractivity contribution in [2.75, 3.05) is 39.6 Å². The monoisotopic (exact) mass is 608 g/mol. The first kappa shape index (κ1) is 31.2. The Morgan fingerprint density at radius 3 is 1.93 bits per heavy atom. The molecule has 0 aliphatic rings. The second-order valence-corrected chi connectivity index (χ2v) is 13.0. The fraction of sp³-hybridized carbons (Fsp3) is 0.286. The second-order valence-electron chi connectivity index (χ2n) is 8.92. The maximum atomic E-state index is 12.4. The van der Waals surface area contributed by atoms with Crippen LogP contribution in [0.25, 0.3) is 22.3 Å². The van der Waals surface area contributed by atoms with E-state index in [9.17, 15) is 16.8 Å². The van der Waals surface area contributed by atoms with Gasteiger partial charge in [-0.1, -0.05) is 23.8 Å². The van der Waals surface area contributed by atoms with Crippen molar-refractivity contribution < 1.29 is 39.4 Å². The summed E-state index contributed by atoms with van der Waals surface area (Å²) in [5, 5.41) is 0. The van der Waals surface area contributed by atoms with Crippen LogP contribution >= 0.6 is 11.8 Å². The molecule has 3 aromatic rings. The van der Waals surface area contributed by atoms with E-state index in [1.807, 2.05) is 50.4 Å². The molecule has 216 valence electrons. The van der Waals surface area contributed by atoms with Crippen LogP contribution in [0.5, 0.6) is 28.7 Å². The van der Waals surface area contributed by atoms with E-state index in [0.29, 0.717) is 11.1 Å². The molecule has 0 saturated carbocycles. The molecule has 0 aromatic heterocycles. The van der Waals surface area contributed by atoms with Gasteiger partial charge in [-0.3, -0.25) is 0 Å². The van der Waals surface area contributed by atoms with Crippen LogP contribution in [0.4, 0.5) is 0 Å². The van der Waals surface area contributed by atoms with E-state index in [1.165, 1.54) is 26.4 Å². The van der Waals surface area contributed by atoms with Crippen molar-refractivity contribution >= 4 is 32.0 Å². The summed E-state index contributed by atoms with van der Waals surface area (Å²) in [5.74, 6) is 0.357. The van der Waals surface area contributed by atoms with Gasteiger partial charge in [0, 0.05) is 10.5 Å². The van der Waals surface area contributed by atoms with Gasteiger partial charge in [0.15, 0.2) is 23.0 Å². The molecule has 0 bridgehead atoms. The van der Waals surface area contributed by atoms with Gasteiger partial charge in [0.25, 0.3) is 0 Å². The van der Waals surface area contributed by atoms with Gasteiger partial charge in [-0.25, -0.2) is 0 Å². The maximum Gasteiger partial charge on any atom is 0.306 e. The van der Waals surface area contributed by atoms with E-state index in [1.54, 1.807) is 23.9 Å². The first-order chi connectivity index (χ1) is 18.8. The third kappa shape index (κ3) is 8.09. The number of allylic oxidation sites excluding steroid dienone is 1. The summed E-state index contributed by atoms with van der Waals surface area (Å²) in [7, 11) is -5.14. The van der Waals surface area contributed by atoms with Crippen LogP contribution in [-0.2, 0) is 20.2 Å². The molecule has 0 amide bonds. The molecule has 0 N–H and O–H groups in total. The number of benzene rings is 3. The van der Waals surface area contributed by atoms with E-state index in [4.69, 9.17) is 22.6 Å². The van der Waals surface area contributed by atoms with Gasteiger partial charge in [-0.05, 0) is 67.6 Å². The highest BCUT2D eigenvalue weighted by Gasteiger charge is 2.27. The molecule has 0 spiro atoms. The topological polar surface area (TPSA) is 114 Å². The number of thioether (sulfide) groups is 1. The molecule has 0 fully saturated rings. The van der Waals surface area contributed by atoms with E-state index < -0.39 is 20.2 Å². The molecule has 9 nitrogen and oxygen atoms in total. The Labute approximate surface area is 240 Å². The Morgan fingerprint density at radius 1 is 0.775 bits per heavy atom. The summed E-state index contributed by atoms with van der Waals surface area (Å²) in [4.78, 5) is 1.05. The molecule has 3 aromatic carbocycles. The molecule has 0 saturated heterocycles. The number of hydrogen-bond acceptors (Lipinski definition) is 10. The average Bonchev–Trinajstić information content (AvgIpc) is 2.87. The van der Waals surface area contributed by atoms with Crippen LogP contribution in [0, 0.1) is 0 Å². The third-order valence-electron chi connectivity index (χ3n) is 5.46. The normalized spacial score (nSPS) is 11.5. The van der Waals surface area contributed by atoms with Crippen molar-refractivity contribution in [3.63, 3.8) is 0 Å². The Bertz CT molecular complexity index is 1610. The van der Waals surface area contributed by atoms with Gasteiger partial charge in [0.2, 0.25) is 0 Å². The summed E-state index contributed by atoms with van der Waals surface area (Å²) in [6.07, 6.45) is 5.62. The molecule has 0 aliphatic carbocycles. The van der Waals surface area contributed by atoms with E-state index in [-0.39, 0.29) is 40.9 Å². The molecule has 0 radical (unpaired) electrons. The molecule has 3 rings (SSSR count). The van der Waals surface area contributed by atoms with Crippen LogP contribution < -0.4 is 22.6 Å². The zero-order valence-corrected chi connectivity index (χ0v) is 25.8. The second kappa shape index (κ2) is 12.9. The van der Waals surface area contributed by atoms with Crippen molar-refractivity contribution in [2.45, 2.75) is 18.7 Å². The molecule has 0 unspecified atom stereocenters. The maximum absolute atomic E-state index is 12.4. The summed E-state index contributed by atoms with van der Waals surface area (Å²) in [5.41, 5.74) is 2.84. The molecule has 12 heteroatoms. The van der Waals surface area contributed by atoms with Crippen molar-refractivity contribution in [3.05, 3.63) is 60.2 Å². The quantitative estimate of drug-likeness (QED) is 0.142. The Balaban J connectivity index is 2.33. The smallest absolute Gasteiger partial charge is 0.306 e. The van der Waals surface area contributed by atoms with E-state index >= 15 is 0 Å². The van der Waals surface area contributed by atoms with Crippen LogP contribution in [0.1, 0.15) is 13.8 Å². The lowest BCUT2D eigenvalue weighted by Gasteiger charge is -2.21. The van der Waals surface area contributed by atoms with Crippen LogP contribution in [0.2, 0.25) is 0 Å². The Hall–Kier alpha value is -3.35. The summed E-state index contributed by atoms with van der Waals surface area (Å²) in [6.45, 7) is 4.00. The van der Waals surface area contributed by atoms with Crippen molar-refractivity contribution in [1.29, 1.82) is 0 Å². The summed E-state index contributed by atoms with van der Waals surface area (Å²) in [6, 6.07) is 13.9. The zero-order chi connectivity index (χ0) is 29.7. The highest BCUT2D eigenvalue weighted by molar-refractivity contribution is 7.98.